The minimum Gasteiger partial charge on any atom is -0.496 e. The first-order valence-corrected chi connectivity index (χ1v) is 8.20. The van der Waals surface area contributed by atoms with Crippen LogP contribution in [0.15, 0.2) is 42.5 Å². The maximum Gasteiger partial charge on any atom is 0.308 e. The average molecular weight is 372 g/mol. The summed E-state index contributed by atoms with van der Waals surface area (Å²) in [5.41, 5.74) is 1.59. The summed E-state index contributed by atoms with van der Waals surface area (Å²) < 4.78 is 5.06. The number of nitro benzene ring substituents is 1. The number of carboxylic acids is 1. The normalized spacial score (nSPS) is 11.5. The third-order valence-electron chi connectivity index (χ3n) is 4.06. The SMILES string of the molecule is COc1ccc([N+](=O)[O-])cc1C(=O)NCC(Cc1cccc(C)c1)C(=O)O. The second kappa shape index (κ2) is 8.79. The highest BCUT2D eigenvalue weighted by molar-refractivity contribution is 5.97. The average Bonchev–Trinajstić information content (AvgIpc) is 2.64. The van der Waals surface area contributed by atoms with Gasteiger partial charge in [0, 0.05) is 18.7 Å². The number of benzene rings is 2. The number of hydrogen-bond acceptors (Lipinski definition) is 5. The summed E-state index contributed by atoms with van der Waals surface area (Å²) in [4.78, 5) is 34.3. The highest BCUT2D eigenvalue weighted by Gasteiger charge is 2.22. The Balaban J connectivity index is 2.13. The van der Waals surface area contributed by atoms with Crippen LogP contribution in [0.4, 0.5) is 5.69 Å². The van der Waals surface area contributed by atoms with E-state index in [9.17, 15) is 24.8 Å². The fourth-order valence-corrected chi connectivity index (χ4v) is 2.67. The molecule has 0 saturated heterocycles. The zero-order valence-electron chi connectivity index (χ0n) is 15.0. The smallest absolute Gasteiger partial charge is 0.308 e. The molecular formula is C19H20N2O6. The van der Waals surface area contributed by atoms with Crippen LogP contribution in [0, 0.1) is 23.0 Å². The van der Waals surface area contributed by atoms with Gasteiger partial charge in [-0.05, 0) is 25.0 Å². The fraction of sp³-hybridized carbons (Fsp3) is 0.263. The van der Waals surface area contributed by atoms with Crippen LogP contribution in [0.2, 0.25) is 0 Å². The van der Waals surface area contributed by atoms with Crippen molar-refractivity contribution < 1.29 is 24.4 Å². The monoisotopic (exact) mass is 372 g/mol. The van der Waals surface area contributed by atoms with E-state index in [0.29, 0.717) is 0 Å². The summed E-state index contributed by atoms with van der Waals surface area (Å²) in [6.07, 6.45) is 0.253. The van der Waals surface area contributed by atoms with Crippen molar-refractivity contribution >= 4 is 17.6 Å². The molecule has 2 aromatic carbocycles. The Bertz CT molecular complexity index is 865. The number of rotatable bonds is 8. The Hall–Kier alpha value is -3.42. The number of methoxy groups -OCH3 is 1. The standard InChI is InChI=1S/C19H20N2O6/c1-12-4-3-5-13(8-12)9-14(19(23)24)11-20-18(22)16-10-15(21(25)26)6-7-17(16)27-2/h3-8,10,14H,9,11H2,1-2H3,(H,20,22)(H,23,24). The van der Waals surface area contributed by atoms with Gasteiger partial charge in [0.25, 0.3) is 11.6 Å². The van der Waals surface area contributed by atoms with Gasteiger partial charge in [0.2, 0.25) is 0 Å². The van der Waals surface area contributed by atoms with Gasteiger partial charge in [0.15, 0.2) is 0 Å². The molecule has 8 heteroatoms. The second-order valence-electron chi connectivity index (χ2n) is 6.08. The quantitative estimate of drug-likeness (QED) is 0.543. The van der Waals surface area contributed by atoms with Crippen LogP contribution in [-0.4, -0.2) is 35.6 Å². The molecule has 2 rings (SSSR count). The van der Waals surface area contributed by atoms with Crippen LogP contribution in [-0.2, 0) is 11.2 Å². The van der Waals surface area contributed by atoms with Gasteiger partial charge in [0.05, 0.1) is 23.5 Å². The van der Waals surface area contributed by atoms with Crippen molar-refractivity contribution in [3.05, 3.63) is 69.3 Å². The lowest BCUT2D eigenvalue weighted by atomic mass is 9.98. The number of carbonyl (C=O) groups excluding carboxylic acids is 1. The molecule has 0 fully saturated rings. The number of nitrogens with one attached hydrogen (secondary N) is 1. The van der Waals surface area contributed by atoms with Crippen LogP contribution in [0.25, 0.3) is 0 Å². The van der Waals surface area contributed by atoms with Crippen LogP contribution in [0.5, 0.6) is 5.75 Å². The van der Waals surface area contributed by atoms with Crippen molar-refractivity contribution in [1.82, 2.24) is 5.32 Å². The number of hydrogen-bond donors (Lipinski definition) is 2. The Morgan fingerprint density at radius 2 is 2.00 bits per heavy atom. The molecule has 8 nitrogen and oxygen atoms in total. The zero-order valence-corrected chi connectivity index (χ0v) is 15.0. The molecule has 1 amide bonds. The molecule has 0 aliphatic rings. The Morgan fingerprint density at radius 1 is 1.26 bits per heavy atom. The lowest BCUT2D eigenvalue weighted by Crippen LogP contribution is -2.34. The van der Waals surface area contributed by atoms with Crippen LogP contribution in [0.3, 0.4) is 0 Å². The van der Waals surface area contributed by atoms with E-state index in [4.69, 9.17) is 4.74 Å². The molecule has 2 N–H and O–H groups in total. The number of carboxylic acid groups (broad SMARTS) is 1. The fourth-order valence-electron chi connectivity index (χ4n) is 2.67. The molecule has 0 aromatic heterocycles. The molecule has 142 valence electrons. The number of aryl methyl sites for hydroxylation is 1. The van der Waals surface area contributed by atoms with E-state index in [1.165, 1.54) is 19.2 Å². The Labute approximate surface area is 155 Å². The molecule has 2 aromatic rings. The predicted molar refractivity (Wildman–Crippen MR) is 98.0 cm³/mol. The van der Waals surface area contributed by atoms with Gasteiger partial charge in [-0.1, -0.05) is 29.8 Å². The number of non-ortho nitro benzene ring substituents is 1. The van der Waals surface area contributed by atoms with E-state index in [2.05, 4.69) is 5.32 Å². The number of nitrogens with zero attached hydrogens (tertiary/aromatic N) is 1. The molecule has 1 unspecified atom stereocenters. The van der Waals surface area contributed by atoms with Gasteiger partial charge in [-0.2, -0.15) is 0 Å². The summed E-state index contributed by atoms with van der Waals surface area (Å²) in [7, 11) is 1.34. The van der Waals surface area contributed by atoms with E-state index in [1.807, 2.05) is 31.2 Å². The van der Waals surface area contributed by atoms with E-state index in [0.717, 1.165) is 17.2 Å². The molecule has 0 aliphatic carbocycles. The van der Waals surface area contributed by atoms with Crippen molar-refractivity contribution in [2.24, 2.45) is 5.92 Å². The van der Waals surface area contributed by atoms with Crippen LogP contribution < -0.4 is 10.1 Å². The number of ether oxygens (including phenoxy) is 1. The van der Waals surface area contributed by atoms with Crippen LogP contribution >= 0.6 is 0 Å². The first kappa shape index (κ1) is 19.9. The van der Waals surface area contributed by atoms with E-state index in [-0.39, 0.29) is 30.0 Å². The molecule has 0 bridgehead atoms. The number of carbonyl (C=O) groups is 2. The molecule has 1 atom stereocenters. The van der Waals surface area contributed by atoms with Gasteiger partial charge in [0.1, 0.15) is 5.75 Å². The Morgan fingerprint density at radius 3 is 2.59 bits per heavy atom. The number of aliphatic carboxylic acids is 1. The molecule has 0 aliphatic heterocycles. The lowest BCUT2D eigenvalue weighted by molar-refractivity contribution is -0.384. The summed E-state index contributed by atoms with van der Waals surface area (Å²) in [6, 6.07) is 11.1. The molecule has 0 spiro atoms. The van der Waals surface area contributed by atoms with Gasteiger partial charge in [-0.15, -0.1) is 0 Å². The van der Waals surface area contributed by atoms with Crippen molar-refractivity contribution in [2.75, 3.05) is 13.7 Å². The summed E-state index contributed by atoms with van der Waals surface area (Å²) in [5.74, 6) is -2.34. The maximum absolute atomic E-state index is 12.4. The molecule has 0 heterocycles. The first-order valence-electron chi connectivity index (χ1n) is 8.20. The third kappa shape index (κ3) is 5.27. The topological polar surface area (TPSA) is 119 Å². The first-order chi connectivity index (χ1) is 12.8. The summed E-state index contributed by atoms with van der Waals surface area (Å²) in [5, 5.41) is 22.9. The third-order valence-corrected chi connectivity index (χ3v) is 4.06. The van der Waals surface area contributed by atoms with Crippen molar-refractivity contribution in [1.29, 1.82) is 0 Å². The molecule has 0 radical (unpaired) electrons. The highest BCUT2D eigenvalue weighted by atomic mass is 16.6. The Kier molecular flexibility index (Phi) is 6.48. The number of nitro groups is 1. The van der Waals surface area contributed by atoms with E-state index in [1.54, 1.807) is 0 Å². The molecular weight excluding hydrogens is 352 g/mol. The zero-order chi connectivity index (χ0) is 20.0. The van der Waals surface area contributed by atoms with E-state index < -0.39 is 22.7 Å². The van der Waals surface area contributed by atoms with Gasteiger partial charge < -0.3 is 15.2 Å². The molecule has 0 saturated carbocycles. The van der Waals surface area contributed by atoms with Crippen molar-refractivity contribution in [2.45, 2.75) is 13.3 Å². The van der Waals surface area contributed by atoms with Gasteiger partial charge in [-0.25, -0.2) is 0 Å². The van der Waals surface area contributed by atoms with Crippen molar-refractivity contribution in [3.63, 3.8) is 0 Å². The summed E-state index contributed by atoms with van der Waals surface area (Å²) in [6.45, 7) is 1.80. The summed E-state index contributed by atoms with van der Waals surface area (Å²) >= 11 is 0. The van der Waals surface area contributed by atoms with Gasteiger partial charge in [-0.3, -0.25) is 19.7 Å². The minimum absolute atomic E-state index is 0.0219. The second-order valence-corrected chi connectivity index (χ2v) is 6.08. The van der Waals surface area contributed by atoms with Crippen molar-refractivity contribution in [3.8, 4) is 5.75 Å². The van der Waals surface area contributed by atoms with Gasteiger partial charge >= 0.3 is 5.97 Å². The largest absolute Gasteiger partial charge is 0.496 e. The lowest BCUT2D eigenvalue weighted by Gasteiger charge is -2.15. The minimum atomic E-state index is -1.04. The highest BCUT2D eigenvalue weighted by Crippen LogP contribution is 2.24. The van der Waals surface area contributed by atoms with E-state index >= 15 is 0 Å². The van der Waals surface area contributed by atoms with Crippen LogP contribution in [0.1, 0.15) is 21.5 Å². The predicted octanol–water partition coefficient (Wildman–Crippen LogP) is 2.59. The molecule has 27 heavy (non-hydrogen) atoms. The number of amides is 1. The maximum atomic E-state index is 12.4.